The molecule has 0 spiro atoms. The lowest BCUT2D eigenvalue weighted by Gasteiger charge is -2.09. The lowest BCUT2D eigenvalue weighted by atomic mass is 10.1. The molecule has 0 aromatic carbocycles. The predicted octanol–water partition coefficient (Wildman–Crippen LogP) is 1.60. The molecule has 14 heavy (non-hydrogen) atoms. The van der Waals surface area contributed by atoms with Crippen molar-refractivity contribution in [3.8, 4) is 0 Å². The van der Waals surface area contributed by atoms with Gasteiger partial charge in [-0.05, 0) is 25.1 Å². The van der Waals surface area contributed by atoms with Gasteiger partial charge in [-0.1, -0.05) is 19.9 Å². The van der Waals surface area contributed by atoms with E-state index in [2.05, 4.69) is 24.1 Å². The van der Waals surface area contributed by atoms with Gasteiger partial charge in [-0.2, -0.15) is 0 Å². The van der Waals surface area contributed by atoms with Gasteiger partial charge in [0, 0.05) is 12.6 Å². The molecular weight excluding hydrogens is 174 g/mol. The lowest BCUT2D eigenvalue weighted by Crippen LogP contribution is -2.16. The smallest absolute Gasteiger partial charge is 0.0574 e. The van der Waals surface area contributed by atoms with Crippen molar-refractivity contribution >= 4 is 0 Å². The largest absolute Gasteiger partial charge is 0.323 e. The van der Waals surface area contributed by atoms with Crippen LogP contribution in [0, 0.1) is 0 Å². The van der Waals surface area contributed by atoms with Crippen LogP contribution in [-0.4, -0.2) is 11.5 Å². The zero-order valence-corrected chi connectivity index (χ0v) is 8.96. The van der Waals surface area contributed by atoms with E-state index in [9.17, 15) is 0 Å². The third-order valence-corrected chi connectivity index (χ3v) is 2.20. The maximum atomic E-state index is 5.91. The SMILES string of the molecule is CCNCc1cccc(C(N)CC)n1. The normalized spacial score (nSPS) is 12.8. The first-order valence-corrected chi connectivity index (χ1v) is 5.20. The minimum absolute atomic E-state index is 0.0663. The van der Waals surface area contributed by atoms with Crippen LogP contribution in [0.15, 0.2) is 18.2 Å². The van der Waals surface area contributed by atoms with E-state index in [1.807, 2.05) is 18.2 Å². The fourth-order valence-electron chi connectivity index (χ4n) is 1.27. The van der Waals surface area contributed by atoms with E-state index >= 15 is 0 Å². The van der Waals surface area contributed by atoms with Crippen molar-refractivity contribution in [1.82, 2.24) is 10.3 Å². The predicted molar refractivity (Wildman–Crippen MR) is 58.8 cm³/mol. The molecule has 0 radical (unpaired) electrons. The average molecular weight is 193 g/mol. The number of rotatable bonds is 5. The summed E-state index contributed by atoms with van der Waals surface area (Å²) in [4.78, 5) is 4.49. The average Bonchev–Trinajstić information content (AvgIpc) is 2.25. The Balaban J connectivity index is 2.68. The summed E-state index contributed by atoms with van der Waals surface area (Å²) in [5, 5.41) is 3.25. The van der Waals surface area contributed by atoms with Crippen molar-refractivity contribution in [2.24, 2.45) is 5.73 Å². The minimum Gasteiger partial charge on any atom is -0.323 e. The molecule has 0 fully saturated rings. The molecule has 3 N–H and O–H groups in total. The highest BCUT2D eigenvalue weighted by Crippen LogP contribution is 2.10. The molecule has 0 aliphatic heterocycles. The van der Waals surface area contributed by atoms with E-state index in [1.54, 1.807) is 0 Å². The number of pyridine rings is 1. The van der Waals surface area contributed by atoms with Crippen LogP contribution in [0.1, 0.15) is 37.7 Å². The molecule has 1 aromatic rings. The Kier molecular flexibility index (Phi) is 4.56. The second kappa shape index (κ2) is 5.73. The molecule has 0 saturated carbocycles. The van der Waals surface area contributed by atoms with Gasteiger partial charge in [0.05, 0.1) is 11.4 Å². The number of nitrogens with one attached hydrogen (secondary N) is 1. The van der Waals surface area contributed by atoms with Crippen molar-refractivity contribution in [2.75, 3.05) is 6.54 Å². The lowest BCUT2D eigenvalue weighted by molar-refractivity contribution is 0.656. The van der Waals surface area contributed by atoms with Gasteiger partial charge in [-0.25, -0.2) is 0 Å². The molecule has 1 atom stereocenters. The van der Waals surface area contributed by atoms with Crippen LogP contribution in [0.3, 0.4) is 0 Å². The Labute approximate surface area is 85.7 Å². The molecule has 0 saturated heterocycles. The maximum absolute atomic E-state index is 5.91. The van der Waals surface area contributed by atoms with Gasteiger partial charge in [0.2, 0.25) is 0 Å². The van der Waals surface area contributed by atoms with Crippen LogP contribution < -0.4 is 11.1 Å². The first-order chi connectivity index (χ1) is 6.77. The topological polar surface area (TPSA) is 50.9 Å². The third kappa shape index (κ3) is 3.09. The van der Waals surface area contributed by atoms with E-state index in [4.69, 9.17) is 5.73 Å². The quantitative estimate of drug-likeness (QED) is 0.747. The molecule has 1 heterocycles. The van der Waals surface area contributed by atoms with Crippen LogP contribution in [0.25, 0.3) is 0 Å². The van der Waals surface area contributed by atoms with Crippen LogP contribution in [0.4, 0.5) is 0 Å². The number of hydrogen-bond donors (Lipinski definition) is 2. The molecule has 0 aliphatic rings. The zero-order chi connectivity index (χ0) is 10.4. The number of nitrogens with zero attached hydrogens (tertiary/aromatic N) is 1. The minimum atomic E-state index is 0.0663. The van der Waals surface area contributed by atoms with Gasteiger partial charge in [-0.15, -0.1) is 0 Å². The highest BCUT2D eigenvalue weighted by atomic mass is 14.9. The summed E-state index contributed by atoms with van der Waals surface area (Å²) >= 11 is 0. The van der Waals surface area contributed by atoms with Crippen molar-refractivity contribution < 1.29 is 0 Å². The van der Waals surface area contributed by atoms with Crippen molar-refractivity contribution in [1.29, 1.82) is 0 Å². The Morgan fingerprint density at radius 1 is 1.43 bits per heavy atom. The van der Waals surface area contributed by atoms with E-state index in [0.29, 0.717) is 0 Å². The first-order valence-electron chi connectivity index (χ1n) is 5.20. The van der Waals surface area contributed by atoms with E-state index in [0.717, 1.165) is 30.9 Å². The summed E-state index contributed by atoms with van der Waals surface area (Å²) in [6, 6.07) is 6.10. The van der Waals surface area contributed by atoms with Crippen molar-refractivity contribution in [3.63, 3.8) is 0 Å². The molecule has 1 rings (SSSR count). The summed E-state index contributed by atoms with van der Waals surface area (Å²) in [5.41, 5.74) is 7.96. The van der Waals surface area contributed by atoms with Crippen LogP contribution in [0.2, 0.25) is 0 Å². The summed E-state index contributed by atoms with van der Waals surface area (Å²) in [6.45, 7) is 5.94. The Hall–Kier alpha value is -0.930. The highest BCUT2D eigenvalue weighted by molar-refractivity contribution is 5.13. The molecular formula is C11H19N3. The fourth-order valence-corrected chi connectivity index (χ4v) is 1.27. The summed E-state index contributed by atoms with van der Waals surface area (Å²) in [5.74, 6) is 0. The highest BCUT2D eigenvalue weighted by Gasteiger charge is 2.04. The summed E-state index contributed by atoms with van der Waals surface area (Å²) in [6.07, 6.45) is 0.928. The van der Waals surface area contributed by atoms with Crippen LogP contribution in [0.5, 0.6) is 0 Å². The van der Waals surface area contributed by atoms with Crippen molar-refractivity contribution in [2.45, 2.75) is 32.9 Å². The molecule has 3 nitrogen and oxygen atoms in total. The van der Waals surface area contributed by atoms with Gasteiger partial charge in [0.25, 0.3) is 0 Å². The fraction of sp³-hybridized carbons (Fsp3) is 0.545. The number of nitrogens with two attached hydrogens (primary N) is 1. The summed E-state index contributed by atoms with van der Waals surface area (Å²) in [7, 11) is 0. The molecule has 0 bridgehead atoms. The molecule has 1 unspecified atom stereocenters. The van der Waals surface area contributed by atoms with Gasteiger partial charge in [-0.3, -0.25) is 4.98 Å². The Morgan fingerprint density at radius 2 is 2.21 bits per heavy atom. The molecule has 78 valence electrons. The van der Waals surface area contributed by atoms with Gasteiger partial charge in [0.1, 0.15) is 0 Å². The van der Waals surface area contributed by atoms with E-state index in [-0.39, 0.29) is 6.04 Å². The molecule has 3 heteroatoms. The van der Waals surface area contributed by atoms with Gasteiger partial charge in [0.15, 0.2) is 0 Å². The maximum Gasteiger partial charge on any atom is 0.0574 e. The third-order valence-electron chi connectivity index (χ3n) is 2.20. The Morgan fingerprint density at radius 3 is 2.86 bits per heavy atom. The second-order valence-corrected chi connectivity index (χ2v) is 3.35. The van der Waals surface area contributed by atoms with E-state index < -0.39 is 0 Å². The van der Waals surface area contributed by atoms with Gasteiger partial charge >= 0.3 is 0 Å². The molecule has 0 amide bonds. The van der Waals surface area contributed by atoms with Crippen molar-refractivity contribution in [3.05, 3.63) is 29.6 Å². The second-order valence-electron chi connectivity index (χ2n) is 3.35. The molecule has 0 aliphatic carbocycles. The Bertz CT molecular complexity index is 273. The zero-order valence-electron chi connectivity index (χ0n) is 8.96. The van der Waals surface area contributed by atoms with E-state index in [1.165, 1.54) is 0 Å². The van der Waals surface area contributed by atoms with Crippen LogP contribution >= 0.6 is 0 Å². The monoisotopic (exact) mass is 193 g/mol. The number of hydrogen-bond acceptors (Lipinski definition) is 3. The molecule has 1 aromatic heterocycles. The van der Waals surface area contributed by atoms with Gasteiger partial charge < -0.3 is 11.1 Å². The standard InChI is InChI=1S/C11H19N3/c1-3-10(12)11-7-5-6-9(14-11)8-13-4-2/h5-7,10,13H,3-4,8,12H2,1-2H3. The summed E-state index contributed by atoms with van der Waals surface area (Å²) < 4.78 is 0. The first kappa shape index (κ1) is 11.1. The van der Waals surface area contributed by atoms with Crippen LogP contribution in [-0.2, 0) is 6.54 Å². The number of aromatic nitrogens is 1.